The van der Waals surface area contributed by atoms with Crippen LogP contribution in [0.3, 0.4) is 0 Å². The minimum Gasteiger partial charge on any atom is -0.296 e. The lowest BCUT2D eigenvalue weighted by Gasteiger charge is -2.15. The lowest BCUT2D eigenvalue weighted by molar-refractivity contribution is -0.387. The summed E-state index contributed by atoms with van der Waals surface area (Å²) in [7, 11) is -4.34. The van der Waals surface area contributed by atoms with Gasteiger partial charge in [0, 0.05) is 22.5 Å². The fourth-order valence-corrected chi connectivity index (χ4v) is 4.99. The van der Waals surface area contributed by atoms with Crippen molar-refractivity contribution in [3.05, 3.63) is 74.0 Å². The van der Waals surface area contributed by atoms with Gasteiger partial charge in [-0.15, -0.1) is 10.2 Å². The van der Waals surface area contributed by atoms with E-state index in [-0.39, 0.29) is 25.2 Å². The minimum atomic E-state index is -4.34. The second kappa shape index (κ2) is 10.3. The van der Waals surface area contributed by atoms with Gasteiger partial charge in [0.2, 0.25) is 10.0 Å². The van der Waals surface area contributed by atoms with Gasteiger partial charge in [-0.3, -0.25) is 14.9 Å². The third-order valence-electron chi connectivity index (χ3n) is 4.63. The molecule has 2 aromatic carbocycles. The number of nitrogens with zero attached hydrogens (tertiary/aromatic N) is 5. The molecule has 0 aliphatic rings. The molecule has 1 heterocycles. The van der Waals surface area contributed by atoms with Crippen LogP contribution in [0.2, 0.25) is 10.0 Å². The third-order valence-corrected chi connectivity index (χ3v) is 6.86. The number of nitro benzene ring substituents is 1. The highest BCUT2D eigenvalue weighted by Crippen LogP contribution is 2.26. The molecule has 0 aliphatic carbocycles. The first-order chi connectivity index (χ1) is 15.6. The molecular formula is C19H18Cl2N6O5S. The van der Waals surface area contributed by atoms with Crippen molar-refractivity contribution in [2.45, 2.75) is 37.2 Å². The van der Waals surface area contributed by atoms with Crippen LogP contribution in [0.1, 0.15) is 24.7 Å². The second-order valence-electron chi connectivity index (χ2n) is 6.89. The average molecular weight is 513 g/mol. The van der Waals surface area contributed by atoms with E-state index in [0.29, 0.717) is 15.6 Å². The molecule has 0 fully saturated rings. The Morgan fingerprint density at radius 3 is 2.48 bits per heavy atom. The van der Waals surface area contributed by atoms with E-state index >= 15 is 0 Å². The van der Waals surface area contributed by atoms with Gasteiger partial charge in [0.1, 0.15) is 6.54 Å². The molecule has 33 heavy (non-hydrogen) atoms. The normalized spacial score (nSPS) is 12.5. The first kappa shape index (κ1) is 24.7. The van der Waals surface area contributed by atoms with Gasteiger partial charge in [0.25, 0.3) is 5.69 Å². The molecule has 3 rings (SSSR count). The summed E-state index contributed by atoms with van der Waals surface area (Å²) in [4.78, 5) is 23.6. The van der Waals surface area contributed by atoms with Crippen LogP contribution in [-0.2, 0) is 27.8 Å². The van der Waals surface area contributed by atoms with Gasteiger partial charge >= 0.3 is 0 Å². The van der Waals surface area contributed by atoms with Gasteiger partial charge < -0.3 is 0 Å². The Labute approximate surface area is 198 Å². The molecule has 11 nitrogen and oxygen atoms in total. The minimum absolute atomic E-state index is 0.107. The number of Topliss-reactive ketones (excluding diaryl/α,β-unsaturated/α-hetero) is 1. The summed E-state index contributed by atoms with van der Waals surface area (Å²) in [5, 5.41) is 23.9. The molecule has 3 aromatic rings. The van der Waals surface area contributed by atoms with Crippen LogP contribution in [0.5, 0.6) is 0 Å². The van der Waals surface area contributed by atoms with Crippen LogP contribution >= 0.6 is 23.2 Å². The Balaban J connectivity index is 1.73. The Kier molecular flexibility index (Phi) is 7.74. The number of aromatic nitrogens is 4. The maximum absolute atomic E-state index is 12.7. The molecule has 1 unspecified atom stereocenters. The highest BCUT2D eigenvalue weighted by Gasteiger charge is 2.30. The van der Waals surface area contributed by atoms with E-state index in [1.54, 1.807) is 25.1 Å². The first-order valence-electron chi connectivity index (χ1n) is 9.60. The highest BCUT2D eigenvalue weighted by molar-refractivity contribution is 7.89. The van der Waals surface area contributed by atoms with Gasteiger partial charge in [-0.2, -0.15) is 4.80 Å². The number of carbonyl (C=O) groups excluding carboxylic acids is 1. The van der Waals surface area contributed by atoms with Gasteiger partial charge in [-0.25, -0.2) is 13.1 Å². The van der Waals surface area contributed by atoms with Gasteiger partial charge in [0.15, 0.2) is 16.5 Å². The first-order valence-corrected chi connectivity index (χ1v) is 11.8. The molecular weight excluding hydrogens is 495 g/mol. The number of carbonyl (C=O) groups is 1. The van der Waals surface area contributed by atoms with Crippen molar-refractivity contribution in [3.8, 4) is 0 Å². The molecule has 0 aliphatic heterocycles. The third kappa shape index (κ3) is 5.90. The Bertz CT molecular complexity index is 1280. The summed E-state index contributed by atoms with van der Waals surface area (Å²) < 4.78 is 27.7. The summed E-state index contributed by atoms with van der Waals surface area (Å²) in [5.41, 5.74) is 0.0171. The van der Waals surface area contributed by atoms with Crippen molar-refractivity contribution in [2.75, 3.05) is 0 Å². The van der Waals surface area contributed by atoms with E-state index in [0.717, 1.165) is 16.9 Å². The molecule has 14 heteroatoms. The molecule has 0 saturated heterocycles. The Morgan fingerprint density at radius 1 is 1.18 bits per heavy atom. The molecule has 0 spiro atoms. The molecule has 1 N–H and O–H groups in total. The number of ketones is 1. The summed E-state index contributed by atoms with van der Waals surface area (Å²) in [6.45, 7) is 1.24. The maximum Gasteiger partial charge on any atom is 0.289 e. The average Bonchev–Trinajstić information content (AvgIpc) is 3.21. The van der Waals surface area contributed by atoms with E-state index in [4.69, 9.17) is 23.2 Å². The molecule has 0 radical (unpaired) electrons. The van der Waals surface area contributed by atoms with Crippen molar-refractivity contribution in [2.24, 2.45) is 0 Å². The number of para-hydroxylation sites is 1. The fourth-order valence-electron chi connectivity index (χ4n) is 2.99. The second-order valence-corrected chi connectivity index (χ2v) is 9.38. The highest BCUT2D eigenvalue weighted by atomic mass is 35.5. The molecule has 1 aromatic heterocycles. The lowest BCUT2D eigenvalue weighted by Crippen LogP contribution is -2.42. The topological polar surface area (TPSA) is 150 Å². The van der Waals surface area contributed by atoms with Crippen molar-refractivity contribution in [1.82, 2.24) is 24.9 Å². The predicted octanol–water partition coefficient (Wildman–Crippen LogP) is 2.81. The van der Waals surface area contributed by atoms with Crippen LogP contribution in [-0.4, -0.2) is 45.4 Å². The number of hydrogen-bond donors (Lipinski definition) is 1. The Morgan fingerprint density at radius 2 is 1.85 bits per heavy atom. The summed E-state index contributed by atoms with van der Waals surface area (Å²) >= 11 is 12.3. The molecule has 0 amide bonds. The number of sulfonamides is 1. The van der Waals surface area contributed by atoms with Crippen LogP contribution < -0.4 is 4.72 Å². The van der Waals surface area contributed by atoms with Crippen molar-refractivity contribution >= 4 is 44.7 Å². The van der Waals surface area contributed by atoms with Crippen molar-refractivity contribution < 1.29 is 18.1 Å². The number of rotatable bonds is 10. The zero-order valence-electron chi connectivity index (χ0n) is 17.2. The van der Waals surface area contributed by atoms with E-state index in [9.17, 15) is 23.3 Å². The van der Waals surface area contributed by atoms with Crippen molar-refractivity contribution in [1.29, 1.82) is 0 Å². The van der Waals surface area contributed by atoms with E-state index < -0.39 is 37.4 Å². The van der Waals surface area contributed by atoms with E-state index in [1.807, 2.05) is 0 Å². The lowest BCUT2D eigenvalue weighted by atomic mass is 10.1. The summed E-state index contributed by atoms with van der Waals surface area (Å²) in [5.74, 6) is -0.272. The zero-order chi connectivity index (χ0) is 24.2. The smallest absolute Gasteiger partial charge is 0.289 e. The van der Waals surface area contributed by atoms with E-state index in [1.165, 1.54) is 12.1 Å². The number of tetrazole rings is 1. The number of nitrogens with one attached hydrogen (secondary N) is 1. The number of halogens is 2. The van der Waals surface area contributed by atoms with Gasteiger partial charge in [0.05, 0.1) is 11.0 Å². The van der Waals surface area contributed by atoms with Crippen LogP contribution in [0.4, 0.5) is 5.69 Å². The number of nitro groups is 1. The number of benzene rings is 2. The monoisotopic (exact) mass is 512 g/mol. The summed E-state index contributed by atoms with van der Waals surface area (Å²) in [6.07, 6.45) is 0.295. The number of hydrogen-bond acceptors (Lipinski definition) is 8. The van der Waals surface area contributed by atoms with E-state index in [2.05, 4.69) is 20.1 Å². The standard InChI is InChI=1S/C19H18Cl2N6O5S/c1-2-15(24-33(31,32)18-9-4-3-8-16(18)27(29)30)17(28)11-26-23-19(22-25-26)10-12-13(20)6-5-7-14(12)21/h3-9,15,24H,2,10-11H2,1H3. The van der Waals surface area contributed by atoms with Crippen LogP contribution in [0.15, 0.2) is 47.4 Å². The summed E-state index contributed by atoms with van der Waals surface area (Å²) in [6, 6.07) is 8.78. The molecule has 0 bridgehead atoms. The molecule has 0 saturated carbocycles. The van der Waals surface area contributed by atoms with Gasteiger partial charge in [-0.1, -0.05) is 48.3 Å². The Hall–Kier alpha value is -2.93. The molecule has 1 atom stereocenters. The van der Waals surface area contributed by atoms with Gasteiger partial charge in [-0.05, 0) is 35.4 Å². The van der Waals surface area contributed by atoms with Crippen LogP contribution in [0, 0.1) is 10.1 Å². The van der Waals surface area contributed by atoms with Crippen molar-refractivity contribution in [3.63, 3.8) is 0 Å². The zero-order valence-corrected chi connectivity index (χ0v) is 19.5. The fraction of sp³-hybridized carbons (Fsp3) is 0.263. The largest absolute Gasteiger partial charge is 0.296 e. The maximum atomic E-state index is 12.7. The molecule has 174 valence electrons. The quantitative estimate of drug-likeness (QED) is 0.321. The SMILES string of the molecule is CCC(NS(=O)(=O)c1ccccc1[N+](=O)[O-])C(=O)Cn1nnc(Cc2c(Cl)cccc2Cl)n1. The van der Waals surface area contributed by atoms with Crippen LogP contribution in [0.25, 0.3) is 0 Å². The predicted molar refractivity (Wildman–Crippen MR) is 120 cm³/mol.